The van der Waals surface area contributed by atoms with Crippen LogP contribution in [0, 0.1) is 6.92 Å². The summed E-state index contributed by atoms with van der Waals surface area (Å²) in [6.45, 7) is 11.4. The number of ketones is 1. The Balaban J connectivity index is 2.56. The van der Waals surface area contributed by atoms with Gasteiger partial charge < -0.3 is 5.32 Å². The van der Waals surface area contributed by atoms with Crippen molar-refractivity contribution in [2.75, 3.05) is 6.54 Å². The molecule has 17 heavy (non-hydrogen) atoms. The van der Waals surface area contributed by atoms with E-state index in [1.54, 1.807) is 0 Å². The van der Waals surface area contributed by atoms with E-state index < -0.39 is 0 Å². The van der Waals surface area contributed by atoms with Gasteiger partial charge in [-0.15, -0.1) is 0 Å². The quantitative estimate of drug-likeness (QED) is 0.848. The molecule has 0 amide bonds. The highest BCUT2D eigenvalue weighted by Crippen LogP contribution is 2.05. The number of nitrogens with one attached hydrogen (secondary N) is 1. The zero-order chi connectivity index (χ0) is 13.1. The van der Waals surface area contributed by atoms with E-state index in [9.17, 15) is 4.79 Å². The molecule has 0 spiro atoms. The molecule has 1 N–H and O–H groups in total. The molecular weight excluding hydrogens is 214 g/mol. The van der Waals surface area contributed by atoms with Gasteiger partial charge in [0.1, 0.15) is 0 Å². The van der Waals surface area contributed by atoms with Crippen molar-refractivity contribution in [1.29, 1.82) is 0 Å². The molecule has 0 radical (unpaired) electrons. The topological polar surface area (TPSA) is 46.9 Å². The minimum atomic E-state index is -0.0173. The fourth-order valence-corrected chi connectivity index (χ4v) is 1.64. The molecule has 0 unspecified atom stereocenters. The van der Waals surface area contributed by atoms with Gasteiger partial charge in [0.05, 0.1) is 12.2 Å². The van der Waals surface area contributed by atoms with E-state index in [1.165, 1.54) is 0 Å². The van der Waals surface area contributed by atoms with Gasteiger partial charge in [-0.1, -0.05) is 0 Å². The van der Waals surface area contributed by atoms with E-state index in [0.717, 1.165) is 17.9 Å². The molecule has 0 aliphatic rings. The fourth-order valence-electron chi connectivity index (χ4n) is 1.64. The lowest BCUT2D eigenvalue weighted by atomic mass is 10.1. The molecule has 0 aromatic carbocycles. The predicted octanol–water partition coefficient (Wildman–Crippen LogP) is 1.71. The summed E-state index contributed by atoms with van der Waals surface area (Å²) in [5.74, 6) is 0.203. The highest BCUT2D eigenvalue weighted by Gasteiger charge is 2.13. The van der Waals surface area contributed by atoms with Crippen LogP contribution >= 0.6 is 0 Å². The van der Waals surface area contributed by atoms with Gasteiger partial charge in [-0.25, -0.2) is 0 Å². The summed E-state index contributed by atoms with van der Waals surface area (Å²) < 4.78 is 1.89. The van der Waals surface area contributed by atoms with E-state index in [1.807, 2.05) is 24.6 Å². The first-order chi connectivity index (χ1) is 7.81. The number of Topliss-reactive ketones (excluding diaryl/α,β-unsaturated/α-hetero) is 1. The molecule has 4 heteroatoms. The zero-order valence-electron chi connectivity index (χ0n) is 11.5. The number of hydrogen-bond acceptors (Lipinski definition) is 3. The minimum Gasteiger partial charge on any atom is -0.305 e. The number of aromatic nitrogens is 2. The molecule has 1 aromatic heterocycles. The summed E-state index contributed by atoms with van der Waals surface area (Å²) >= 11 is 0. The van der Waals surface area contributed by atoms with Crippen LogP contribution in [0.5, 0.6) is 0 Å². The lowest BCUT2D eigenvalue weighted by molar-refractivity contribution is -0.118. The maximum absolute atomic E-state index is 11.8. The van der Waals surface area contributed by atoms with Crippen molar-refractivity contribution in [1.82, 2.24) is 15.1 Å². The Morgan fingerprint density at radius 2 is 2.12 bits per heavy atom. The monoisotopic (exact) mass is 237 g/mol. The van der Waals surface area contributed by atoms with Crippen LogP contribution in [-0.4, -0.2) is 27.6 Å². The SMILES string of the molecule is CCn1nc(C)cc1CC(=O)CNC(C)(C)C. The van der Waals surface area contributed by atoms with Crippen LogP contribution in [0.3, 0.4) is 0 Å². The average molecular weight is 237 g/mol. The Bertz CT molecular complexity index is 388. The van der Waals surface area contributed by atoms with E-state index in [0.29, 0.717) is 13.0 Å². The van der Waals surface area contributed by atoms with Crippen molar-refractivity contribution in [3.05, 3.63) is 17.5 Å². The fraction of sp³-hybridized carbons (Fsp3) is 0.692. The third-order valence-electron chi connectivity index (χ3n) is 2.48. The summed E-state index contributed by atoms with van der Waals surface area (Å²) in [4.78, 5) is 11.8. The maximum Gasteiger partial charge on any atom is 0.152 e. The van der Waals surface area contributed by atoms with Crippen LogP contribution in [0.1, 0.15) is 39.1 Å². The maximum atomic E-state index is 11.8. The molecule has 0 saturated heterocycles. The first-order valence-electron chi connectivity index (χ1n) is 6.12. The summed E-state index contributed by atoms with van der Waals surface area (Å²) in [5, 5.41) is 7.54. The number of nitrogens with zero attached hydrogens (tertiary/aromatic N) is 2. The van der Waals surface area contributed by atoms with E-state index in [2.05, 4.69) is 31.2 Å². The van der Waals surface area contributed by atoms with Crippen molar-refractivity contribution >= 4 is 5.78 Å². The molecule has 1 rings (SSSR count). The third-order valence-corrected chi connectivity index (χ3v) is 2.48. The van der Waals surface area contributed by atoms with Gasteiger partial charge in [-0.3, -0.25) is 9.48 Å². The standard InChI is InChI=1S/C13H23N3O/c1-6-16-11(7-10(2)15-16)8-12(17)9-14-13(3,4)5/h7,14H,6,8-9H2,1-5H3. The van der Waals surface area contributed by atoms with Crippen LogP contribution in [0.15, 0.2) is 6.07 Å². The molecule has 1 aromatic rings. The first kappa shape index (κ1) is 13.9. The van der Waals surface area contributed by atoms with Crippen LogP contribution in [0.2, 0.25) is 0 Å². The van der Waals surface area contributed by atoms with Crippen LogP contribution in [-0.2, 0) is 17.8 Å². The largest absolute Gasteiger partial charge is 0.305 e. The molecule has 0 bridgehead atoms. The number of carbonyl (C=O) groups is 1. The Labute approximate surface area is 103 Å². The van der Waals surface area contributed by atoms with E-state index >= 15 is 0 Å². The second-order valence-corrected chi connectivity index (χ2v) is 5.41. The Kier molecular flexibility index (Phi) is 4.46. The van der Waals surface area contributed by atoms with Gasteiger partial charge >= 0.3 is 0 Å². The molecule has 0 aliphatic heterocycles. The Morgan fingerprint density at radius 1 is 1.47 bits per heavy atom. The molecule has 96 valence electrons. The summed E-state index contributed by atoms with van der Waals surface area (Å²) in [7, 11) is 0. The van der Waals surface area contributed by atoms with Crippen LogP contribution in [0.4, 0.5) is 0 Å². The smallest absolute Gasteiger partial charge is 0.152 e. The molecule has 1 heterocycles. The molecule has 0 atom stereocenters. The van der Waals surface area contributed by atoms with Gasteiger partial charge in [0, 0.05) is 24.2 Å². The summed E-state index contributed by atoms with van der Waals surface area (Å²) in [6, 6.07) is 1.98. The van der Waals surface area contributed by atoms with Crippen molar-refractivity contribution in [3.63, 3.8) is 0 Å². The summed E-state index contributed by atoms with van der Waals surface area (Å²) in [6.07, 6.45) is 0.456. The van der Waals surface area contributed by atoms with Gasteiger partial charge in [0.15, 0.2) is 5.78 Å². The van der Waals surface area contributed by atoms with Crippen LogP contribution in [0.25, 0.3) is 0 Å². The highest BCUT2D eigenvalue weighted by atomic mass is 16.1. The van der Waals surface area contributed by atoms with Crippen molar-refractivity contribution in [2.24, 2.45) is 0 Å². The lowest BCUT2D eigenvalue weighted by Crippen LogP contribution is -2.39. The van der Waals surface area contributed by atoms with E-state index in [4.69, 9.17) is 0 Å². The molecule has 0 fully saturated rings. The third kappa shape index (κ3) is 4.69. The van der Waals surface area contributed by atoms with Gasteiger partial charge in [-0.2, -0.15) is 5.10 Å². The van der Waals surface area contributed by atoms with Gasteiger partial charge in [0.25, 0.3) is 0 Å². The summed E-state index contributed by atoms with van der Waals surface area (Å²) in [5.41, 5.74) is 1.96. The van der Waals surface area contributed by atoms with Crippen molar-refractivity contribution in [3.8, 4) is 0 Å². The van der Waals surface area contributed by atoms with Crippen LogP contribution < -0.4 is 5.32 Å². The molecule has 0 saturated carbocycles. The first-order valence-corrected chi connectivity index (χ1v) is 6.12. The number of aryl methyl sites for hydroxylation is 2. The van der Waals surface area contributed by atoms with Crippen molar-refractivity contribution in [2.45, 2.75) is 53.1 Å². The minimum absolute atomic E-state index is 0.0173. The predicted molar refractivity (Wildman–Crippen MR) is 69.1 cm³/mol. The Morgan fingerprint density at radius 3 is 2.65 bits per heavy atom. The zero-order valence-corrected chi connectivity index (χ0v) is 11.5. The number of hydrogen-bond donors (Lipinski definition) is 1. The molecule has 0 aliphatic carbocycles. The van der Waals surface area contributed by atoms with Crippen molar-refractivity contribution < 1.29 is 4.79 Å². The molecule has 4 nitrogen and oxygen atoms in total. The second kappa shape index (κ2) is 5.45. The Hall–Kier alpha value is -1.16. The average Bonchev–Trinajstić information content (AvgIpc) is 2.55. The number of carbonyl (C=O) groups excluding carboxylic acids is 1. The molecular formula is C13H23N3O. The van der Waals surface area contributed by atoms with Gasteiger partial charge in [-0.05, 0) is 40.7 Å². The van der Waals surface area contributed by atoms with Gasteiger partial charge in [0.2, 0.25) is 0 Å². The highest BCUT2D eigenvalue weighted by molar-refractivity contribution is 5.82. The van der Waals surface area contributed by atoms with E-state index in [-0.39, 0.29) is 11.3 Å². The number of rotatable bonds is 5. The lowest BCUT2D eigenvalue weighted by Gasteiger charge is -2.19. The second-order valence-electron chi connectivity index (χ2n) is 5.41. The normalized spacial score (nSPS) is 11.8.